The standard InChI is InChI=1S/C21H25FN2O3S/c1-24-11-17(14-5-3-4-6-15(14)21(24)25)16-9-19(23-28(2)26)18(22)10-20(16)27-12-13-7-8-13/h9-11,13,23H,3-8,12H2,1-2H3. The first-order valence-electron chi connectivity index (χ1n) is 9.72. The third-order valence-electron chi connectivity index (χ3n) is 5.48. The molecule has 0 radical (unpaired) electrons. The molecule has 1 unspecified atom stereocenters. The molecular formula is C21H25FN2O3S. The molecule has 2 aromatic rings. The Balaban J connectivity index is 1.86. The minimum absolute atomic E-state index is 0.0361. The van der Waals surface area contributed by atoms with Crippen molar-refractivity contribution in [2.75, 3.05) is 17.6 Å². The van der Waals surface area contributed by atoms with Crippen LogP contribution in [0.3, 0.4) is 0 Å². The maximum atomic E-state index is 14.6. The van der Waals surface area contributed by atoms with E-state index in [-0.39, 0.29) is 11.2 Å². The van der Waals surface area contributed by atoms with E-state index in [1.165, 1.54) is 12.3 Å². The summed E-state index contributed by atoms with van der Waals surface area (Å²) in [5.74, 6) is 0.512. The van der Waals surface area contributed by atoms with Crippen LogP contribution in [0.2, 0.25) is 0 Å². The highest BCUT2D eigenvalue weighted by molar-refractivity contribution is 7.92. The van der Waals surface area contributed by atoms with Gasteiger partial charge >= 0.3 is 0 Å². The quantitative estimate of drug-likeness (QED) is 0.748. The molecule has 2 aliphatic rings. The van der Waals surface area contributed by atoms with Gasteiger partial charge in [-0.15, -0.1) is 0 Å². The van der Waals surface area contributed by atoms with Crippen LogP contribution in [0, 0.1) is 11.7 Å². The van der Waals surface area contributed by atoms with Crippen LogP contribution in [-0.2, 0) is 31.3 Å². The van der Waals surface area contributed by atoms with Gasteiger partial charge in [-0.25, -0.2) is 9.11 Å². The molecule has 1 N–H and O–H groups in total. The van der Waals surface area contributed by atoms with Crippen molar-refractivity contribution in [3.8, 4) is 16.9 Å². The summed E-state index contributed by atoms with van der Waals surface area (Å²) >= 11 is -1.40. The second-order valence-corrected chi connectivity index (χ2v) is 8.87. The van der Waals surface area contributed by atoms with Crippen molar-refractivity contribution in [3.05, 3.63) is 45.6 Å². The molecule has 1 fully saturated rings. The molecule has 0 spiro atoms. The molecule has 2 aliphatic carbocycles. The molecule has 0 bridgehead atoms. The monoisotopic (exact) mass is 404 g/mol. The molecule has 5 nitrogen and oxygen atoms in total. The molecule has 28 heavy (non-hydrogen) atoms. The van der Waals surface area contributed by atoms with Crippen molar-refractivity contribution >= 4 is 17.0 Å². The van der Waals surface area contributed by atoms with Crippen molar-refractivity contribution in [1.29, 1.82) is 0 Å². The summed E-state index contributed by atoms with van der Waals surface area (Å²) in [6.07, 6.45) is 9.17. The Kier molecular flexibility index (Phi) is 5.38. The molecular weight excluding hydrogens is 379 g/mol. The summed E-state index contributed by atoms with van der Waals surface area (Å²) < 4.78 is 36.5. The molecule has 0 saturated heterocycles. The van der Waals surface area contributed by atoms with E-state index in [2.05, 4.69) is 4.72 Å². The number of benzene rings is 1. The summed E-state index contributed by atoms with van der Waals surface area (Å²) in [6, 6.07) is 3.03. The van der Waals surface area contributed by atoms with E-state index in [1.807, 2.05) is 6.20 Å². The summed E-state index contributed by atoms with van der Waals surface area (Å²) in [5, 5.41) is 0. The van der Waals surface area contributed by atoms with E-state index in [0.29, 0.717) is 18.3 Å². The van der Waals surface area contributed by atoms with Crippen LogP contribution in [0.5, 0.6) is 5.75 Å². The van der Waals surface area contributed by atoms with Gasteiger partial charge in [0.1, 0.15) is 17.7 Å². The van der Waals surface area contributed by atoms with Crippen LogP contribution in [0.4, 0.5) is 10.1 Å². The van der Waals surface area contributed by atoms with Crippen molar-refractivity contribution in [2.24, 2.45) is 13.0 Å². The molecule has 0 amide bonds. The zero-order chi connectivity index (χ0) is 19.8. The van der Waals surface area contributed by atoms with Crippen LogP contribution in [0.15, 0.2) is 23.1 Å². The molecule has 1 saturated carbocycles. The number of anilines is 1. The highest BCUT2D eigenvalue weighted by atomic mass is 32.2. The Morgan fingerprint density at radius 2 is 1.96 bits per heavy atom. The third-order valence-corrected chi connectivity index (χ3v) is 5.99. The predicted octanol–water partition coefficient (Wildman–Crippen LogP) is 3.56. The van der Waals surface area contributed by atoms with Crippen LogP contribution >= 0.6 is 0 Å². The number of aryl methyl sites for hydroxylation is 1. The molecule has 7 heteroatoms. The fraction of sp³-hybridized carbons (Fsp3) is 0.476. The zero-order valence-corrected chi connectivity index (χ0v) is 17.0. The van der Waals surface area contributed by atoms with Crippen LogP contribution in [0.1, 0.15) is 36.8 Å². The molecule has 0 aliphatic heterocycles. The second-order valence-electron chi connectivity index (χ2n) is 7.76. The fourth-order valence-electron chi connectivity index (χ4n) is 3.82. The maximum absolute atomic E-state index is 14.6. The van der Waals surface area contributed by atoms with E-state index >= 15 is 0 Å². The lowest BCUT2D eigenvalue weighted by Gasteiger charge is -2.22. The van der Waals surface area contributed by atoms with E-state index in [0.717, 1.165) is 60.8 Å². The average Bonchev–Trinajstić information content (AvgIpc) is 3.49. The summed E-state index contributed by atoms with van der Waals surface area (Å²) in [4.78, 5) is 12.6. The lowest BCUT2D eigenvalue weighted by molar-refractivity contribution is 0.299. The summed E-state index contributed by atoms with van der Waals surface area (Å²) in [7, 11) is 1.75. The number of fused-ring (bicyclic) bond motifs is 1. The van der Waals surface area contributed by atoms with Gasteiger partial charge in [0.25, 0.3) is 5.56 Å². The summed E-state index contributed by atoms with van der Waals surface area (Å²) in [6.45, 7) is 0.562. The van der Waals surface area contributed by atoms with Gasteiger partial charge in [-0.1, -0.05) is 0 Å². The second kappa shape index (κ2) is 7.79. The predicted molar refractivity (Wildman–Crippen MR) is 110 cm³/mol. The lowest BCUT2D eigenvalue weighted by atomic mass is 9.87. The van der Waals surface area contributed by atoms with Crippen molar-refractivity contribution in [3.63, 3.8) is 0 Å². The number of halogens is 1. The first kappa shape index (κ1) is 19.3. The number of aromatic nitrogens is 1. The zero-order valence-electron chi connectivity index (χ0n) is 16.2. The number of ether oxygens (including phenoxy) is 1. The van der Waals surface area contributed by atoms with Gasteiger partial charge in [0.15, 0.2) is 5.82 Å². The smallest absolute Gasteiger partial charge is 0.253 e. The number of rotatable bonds is 6. The fourth-order valence-corrected chi connectivity index (χ4v) is 4.29. The first-order chi connectivity index (χ1) is 13.4. The van der Waals surface area contributed by atoms with Gasteiger partial charge in [-0.3, -0.25) is 4.79 Å². The van der Waals surface area contributed by atoms with E-state index in [4.69, 9.17) is 4.74 Å². The van der Waals surface area contributed by atoms with Gasteiger partial charge < -0.3 is 13.9 Å². The van der Waals surface area contributed by atoms with Crippen LogP contribution in [-0.4, -0.2) is 22.0 Å². The van der Waals surface area contributed by atoms with Gasteiger partial charge in [0.2, 0.25) is 0 Å². The number of pyridine rings is 1. The van der Waals surface area contributed by atoms with Gasteiger partial charge in [0.05, 0.1) is 18.0 Å². The van der Waals surface area contributed by atoms with Gasteiger partial charge in [-0.2, -0.15) is 0 Å². The van der Waals surface area contributed by atoms with Crippen LogP contribution in [0.25, 0.3) is 11.1 Å². The maximum Gasteiger partial charge on any atom is 0.253 e. The highest BCUT2D eigenvalue weighted by Gasteiger charge is 2.25. The Hall–Kier alpha value is -1.99. The normalized spacial score (nSPS) is 17.1. The first-order valence-corrected chi connectivity index (χ1v) is 11.3. The van der Waals surface area contributed by atoms with E-state index < -0.39 is 17.2 Å². The van der Waals surface area contributed by atoms with E-state index in [1.54, 1.807) is 17.7 Å². The summed E-state index contributed by atoms with van der Waals surface area (Å²) in [5.41, 5.74) is 3.72. The Bertz CT molecular complexity index is 954. The Labute approximate surface area is 167 Å². The average molecular weight is 405 g/mol. The number of nitrogens with zero attached hydrogens (tertiary/aromatic N) is 1. The van der Waals surface area contributed by atoms with Crippen LogP contribution < -0.4 is 15.0 Å². The lowest BCUT2D eigenvalue weighted by Crippen LogP contribution is -2.25. The number of hydrogen-bond donors (Lipinski definition) is 1. The minimum atomic E-state index is -1.40. The van der Waals surface area contributed by atoms with Crippen molar-refractivity contribution in [1.82, 2.24) is 4.57 Å². The Morgan fingerprint density at radius 3 is 2.64 bits per heavy atom. The number of hydrogen-bond acceptors (Lipinski definition) is 4. The molecule has 1 atom stereocenters. The number of nitrogens with one attached hydrogen (secondary N) is 1. The molecule has 150 valence electrons. The highest BCUT2D eigenvalue weighted by Crippen LogP contribution is 2.40. The Morgan fingerprint density at radius 1 is 1.25 bits per heavy atom. The SMILES string of the molecule is Cn1cc(-c2cc(N[S+](C)[O-])c(F)cc2OCC2CC2)c2c(c1=O)CCCC2. The molecule has 1 aromatic carbocycles. The van der Waals surface area contributed by atoms with E-state index in [9.17, 15) is 13.7 Å². The topological polar surface area (TPSA) is 66.3 Å². The molecule has 1 aromatic heterocycles. The molecule has 4 rings (SSSR count). The third kappa shape index (κ3) is 3.91. The van der Waals surface area contributed by atoms with Crippen molar-refractivity contribution in [2.45, 2.75) is 38.5 Å². The van der Waals surface area contributed by atoms with Gasteiger partial charge in [0, 0.05) is 36.0 Å². The van der Waals surface area contributed by atoms with Crippen molar-refractivity contribution < 1.29 is 13.7 Å². The minimum Gasteiger partial charge on any atom is -0.593 e. The molecule has 1 heterocycles. The van der Waals surface area contributed by atoms with Gasteiger partial charge in [-0.05, 0) is 56.1 Å². The largest absolute Gasteiger partial charge is 0.593 e.